The van der Waals surface area contributed by atoms with E-state index >= 15 is 0 Å². The Balaban J connectivity index is 1.57. The molecule has 0 saturated carbocycles. The summed E-state index contributed by atoms with van der Waals surface area (Å²) in [5.74, 6) is 1.06. The molecule has 4 rings (SSSR count). The predicted molar refractivity (Wildman–Crippen MR) is 86.5 cm³/mol. The van der Waals surface area contributed by atoms with Crippen molar-refractivity contribution in [2.45, 2.75) is 25.7 Å². The second kappa shape index (κ2) is 4.96. The van der Waals surface area contributed by atoms with Gasteiger partial charge in [0.2, 0.25) is 0 Å². The third kappa shape index (κ3) is 2.31. The lowest BCUT2D eigenvalue weighted by Crippen LogP contribution is -1.88. The number of aryl methyl sites for hydroxylation is 1. The van der Waals surface area contributed by atoms with Crippen LogP contribution in [0.3, 0.4) is 0 Å². The second-order valence-corrected chi connectivity index (χ2v) is 5.89. The molecule has 2 nitrogen and oxygen atoms in total. The fourth-order valence-electron chi connectivity index (χ4n) is 3.36. The maximum Gasteiger partial charge on any atom is 0.122 e. The van der Waals surface area contributed by atoms with Crippen LogP contribution in [0.4, 0.5) is 5.69 Å². The third-order valence-corrected chi connectivity index (χ3v) is 4.48. The van der Waals surface area contributed by atoms with Crippen molar-refractivity contribution in [3.63, 3.8) is 0 Å². The van der Waals surface area contributed by atoms with E-state index in [1.807, 2.05) is 6.07 Å². The zero-order valence-corrected chi connectivity index (χ0v) is 12.1. The summed E-state index contributed by atoms with van der Waals surface area (Å²) in [5.41, 5.74) is 13.7. The minimum absolute atomic E-state index is 0.828. The van der Waals surface area contributed by atoms with E-state index in [-0.39, 0.29) is 0 Å². The monoisotopic (exact) mass is 277 g/mol. The van der Waals surface area contributed by atoms with Crippen LogP contribution in [0.25, 0.3) is 5.57 Å². The molecule has 1 aliphatic heterocycles. The highest BCUT2D eigenvalue weighted by Gasteiger charge is 2.16. The van der Waals surface area contributed by atoms with E-state index in [1.54, 1.807) is 0 Å². The Morgan fingerprint density at radius 3 is 2.90 bits per heavy atom. The number of allylic oxidation sites excluding steroid dienone is 2. The van der Waals surface area contributed by atoms with Crippen molar-refractivity contribution in [3.8, 4) is 5.75 Å². The third-order valence-electron chi connectivity index (χ3n) is 4.48. The molecule has 2 aliphatic rings. The molecule has 21 heavy (non-hydrogen) atoms. The highest BCUT2D eigenvalue weighted by molar-refractivity contribution is 5.74. The average Bonchev–Trinajstić information content (AvgIpc) is 3.10. The molecule has 0 fully saturated rings. The Hall–Kier alpha value is -2.22. The molecule has 2 aromatic rings. The minimum Gasteiger partial charge on any atom is -0.493 e. The van der Waals surface area contributed by atoms with Crippen LogP contribution in [-0.2, 0) is 19.3 Å². The van der Waals surface area contributed by atoms with Gasteiger partial charge in [-0.25, -0.2) is 0 Å². The molecule has 1 aliphatic carbocycles. The first-order chi connectivity index (χ1) is 10.3. The lowest BCUT2D eigenvalue weighted by Gasteiger charge is -2.04. The number of benzene rings is 2. The zero-order valence-electron chi connectivity index (χ0n) is 12.1. The molecule has 1 heterocycles. The molecule has 0 unspecified atom stereocenters. The molecule has 2 aromatic carbocycles. The van der Waals surface area contributed by atoms with Gasteiger partial charge in [-0.2, -0.15) is 0 Å². The van der Waals surface area contributed by atoms with Gasteiger partial charge in [-0.05, 0) is 65.3 Å². The Morgan fingerprint density at radius 1 is 1.00 bits per heavy atom. The van der Waals surface area contributed by atoms with Gasteiger partial charge in [-0.1, -0.05) is 24.3 Å². The van der Waals surface area contributed by atoms with Gasteiger partial charge in [0.25, 0.3) is 0 Å². The van der Waals surface area contributed by atoms with Crippen LogP contribution in [0.5, 0.6) is 5.75 Å². The molecular formula is C19H19NO. The number of nitrogens with two attached hydrogens (primary N) is 1. The van der Waals surface area contributed by atoms with Gasteiger partial charge in [0.05, 0.1) is 6.61 Å². The lowest BCUT2D eigenvalue weighted by molar-refractivity contribution is 0.357. The molecule has 0 aromatic heterocycles. The van der Waals surface area contributed by atoms with Crippen LogP contribution >= 0.6 is 0 Å². The van der Waals surface area contributed by atoms with Crippen LogP contribution in [0.15, 0.2) is 42.5 Å². The second-order valence-electron chi connectivity index (χ2n) is 5.89. The van der Waals surface area contributed by atoms with E-state index in [2.05, 4.69) is 36.4 Å². The van der Waals surface area contributed by atoms with E-state index in [9.17, 15) is 0 Å². The SMILES string of the molecule is Nc1ccc2c(c1)CCC2=CCc1ccc2c(c1)CCO2. The number of fused-ring (bicyclic) bond motifs is 2. The van der Waals surface area contributed by atoms with Gasteiger partial charge in [-0.15, -0.1) is 0 Å². The Morgan fingerprint density at radius 2 is 1.95 bits per heavy atom. The predicted octanol–water partition coefficient (Wildman–Crippen LogP) is 3.78. The quantitative estimate of drug-likeness (QED) is 0.848. The van der Waals surface area contributed by atoms with Gasteiger partial charge in [0, 0.05) is 12.1 Å². The van der Waals surface area contributed by atoms with Crippen molar-refractivity contribution >= 4 is 11.3 Å². The van der Waals surface area contributed by atoms with Crippen molar-refractivity contribution in [3.05, 3.63) is 64.7 Å². The molecule has 0 bridgehead atoms. The fraction of sp³-hybridized carbons (Fsp3) is 0.263. The molecule has 0 radical (unpaired) electrons. The summed E-state index contributed by atoms with van der Waals surface area (Å²) in [6.45, 7) is 0.828. The topological polar surface area (TPSA) is 35.2 Å². The first kappa shape index (κ1) is 12.5. The van der Waals surface area contributed by atoms with Crippen molar-refractivity contribution in [2.75, 3.05) is 12.3 Å². The maximum absolute atomic E-state index is 5.86. The molecule has 2 N–H and O–H groups in total. The Kier molecular flexibility index (Phi) is 2.95. The summed E-state index contributed by atoms with van der Waals surface area (Å²) in [5, 5.41) is 0. The molecule has 0 atom stereocenters. The van der Waals surface area contributed by atoms with Gasteiger partial charge in [0.15, 0.2) is 0 Å². The van der Waals surface area contributed by atoms with Gasteiger partial charge >= 0.3 is 0 Å². The Labute approximate surface area is 125 Å². The summed E-state index contributed by atoms with van der Waals surface area (Å²) in [4.78, 5) is 0. The minimum atomic E-state index is 0.828. The standard InChI is InChI=1S/C19H19NO/c20-17-6-7-18-14(4-5-15(18)12-17)3-1-13-2-8-19-16(11-13)9-10-21-19/h2-3,6-8,11-12H,1,4-5,9-10,20H2. The molecule has 0 spiro atoms. The molecule has 0 amide bonds. The van der Waals surface area contributed by atoms with Crippen LogP contribution in [-0.4, -0.2) is 6.61 Å². The van der Waals surface area contributed by atoms with Gasteiger partial charge in [-0.3, -0.25) is 0 Å². The number of anilines is 1. The van der Waals surface area contributed by atoms with Gasteiger partial charge in [0.1, 0.15) is 5.75 Å². The summed E-state index contributed by atoms with van der Waals surface area (Å²) in [6, 6.07) is 12.9. The van der Waals surface area contributed by atoms with Crippen molar-refractivity contribution in [1.82, 2.24) is 0 Å². The van der Waals surface area contributed by atoms with Crippen molar-refractivity contribution in [2.24, 2.45) is 0 Å². The van der Waals surface area contributed by atoms with E-state index in [1.165, 1.54) is 27.8 Å². The van der Waals surface area contributed by atoms with Gasteiger partial charge < -0.3 is 10.5 Å². The number of rotatable bonds is 2. The average molecular weight is 277 g/mol. The number of hydrogen-bond acceptors (Lipinski definition) is 2. The highest BCUT2D eigenvalue weighted by Crippen LogP contribution is 2.34. The lowest BCUT2D eigenvalue weighted by atomic mass is 10.0. The number of nitrogen functional groups attached to an aromatic ring is 1. The summed E-state index contributed by atoms with van der Waals surface area (Å²) >= 11 is 0. The number of hydrogen-bond donors (Lipinski definition) is 1. The van der Waals surface area contributed by atoms with E-state index < -0.39 is 0 Å². The smallest absolute Gasteiger partial charge is 0.122 e. The van der Waals surface area contributed by atoms with Crippen molar-refractivity contribution < 1.29 is 4.74 Å². The normalized spacial score (nSPS) is 17.6. The highest BCUT2D eigenvalue weighted by atomic mass is 16.5. The fourth-order valence-corrected chi connectivity index (χ4v) is 3.36. The van der Waals surface area contributed by atoms with Crippen LogP contribution < -0.4 is 10.5 Å². The summed E-state index contributed by atoms with van der Waals surface area (Å²) < 4.78 is 5.56. The molecule has 0 saturated heterocycles. The summed E-state index contributed by atoms with van der Waals surface area (Å²) in [6.07, 6.45) is 6.66. The Bertz CT molecular complexity index is 730. The maximum atomic E-state index is 5.86. The van der Waals surface area contributed by atoms with Crippen molar-refractivity contribution in [1.29, 1.82) is 0 Å². The van der Waals surface area contributed by atoms with Crippen LogP contribution in [0, 0.1) is 0 Å². The zero-order chi connectivity index (χ0) is 14.2. The van der Waals surface area contributed by atoms with E-state index in [4.69, 9.17) is 10.5 Å². The molecule has 106 valence electrons. The first-order valence-corrected chi connectivity index (χ1v) is 7.62. The molecule has 2 heteroatoms. The summed E-state index contributed by atoms with van der Waals surface area (Å²) in [7, 11) is 0. The van der Waals surface area contributed by atoms with Crippen LogP contribution in [0.1, 0.15) is 28.7 Å². The molecular weight excluding hydrogens is 258 g/mol. The first-order valence-electron chi connectivity index (χ1n) is 7.62. The van der Waals surface area contributed by atoms with E-state index in [0.717, 1.165) is 43.7 Å². The van der Waals surface area contributed by atoms with Crippen LogP contribution in [0.2, 0.25) is 0 Å². The largest absolute Gasteiger partial charge is 0.493 e. The van der Waals surface area contributed by atoms with E-state index in [0.29, 0.717) is 0 Å². The number of ether oxygens (including phenoxy) is 1.